The SMILES string of the molecule is OCC[C@H](O)[C@@H](Cl)C/C=C\CCC1OCCO1. The smallest absolute Gasteiger partial charge is 0.158 e. The number of allylic oxidation sites excluding steroid dienone is 2. The van der Waals surface area contributed by atoms with Crippen molar-refractivity contribution in [2.75, 3.05) is 19.8 Å². The van der Waals surface area contributed by atoms with Gasteiger partial charge in [0.2, 0.25) is 0 Å². The van der Waals surface area contributed by atoms with Crippen molar-refractivity contribution in [1.82, 2.24) is 0 Å². The molecule has 100 valence electrons. The van der Waals surface area contributed by atoms with Crippen LogP contribution in [0.25, 0.3) is 0 Å². The van der Waals surface area contributed by atoms with Crippen LogP contribution in [0.15, 0.2) is 12.2 Å². The van der Waals surface area contributed by atoms with Crippen molar-refractivity contribution in [2.24, 2.45) is 0 Å². The molecule has 1 heterocycles. The van der Waals surface area contributed by atoms with Gasteiger partial charge in [0, 0.05) is 13.0 Å². The third-order valence-electron chi connectivity index (χ3n) is 2.63. The average Bonchev–Trinajstić information content (AvgIpc) is 2.81. The largest absolute Gasteiger partial charge is 0.396 e. The molecule has 0 saturated carbocycles. The Labute approximate surface area is 107 Å². The Bertz CT molecular complexity index is 217. The quantitative estimate of drug-likeness (QED) is 0.514. The van der Waals surface area contributed by atoms with Crippen LogP contribution in [-0.2, 0) is 9.47 Å². The summed E-state index contributed by atoms with van der Waals surface area (Å²) in [6, 6.07) is 0. The second-order valence-corrected chi connectivity index (χ2v) is 4.61. The molecule has 0 amide bonds. The van der Waals surface area contributed by atoms with Gasteiger partial charge in [-0.3, -0.25) is 0 Å². The van der Waals surface area contributed by atoms with Crippen LogP contribution in [0.5, 0.6) is 0 Å². The molecule has 2 N–H and O–H groups in total. The highest BCUT2D eigenvalue weighted by atomic mass is 35.5. The summed E-state index contributed by atoms with van der Waals surface area (Å²) in [6.07, 6.45) is 5.92. The summed E-state index contributed by atoms with van der Waals surface area (Å²) in [6.45, 7) is 1.33. The molecule has 0 bridgehead atoms. The van der Waals surface area contributed by atoms with E-state index in [1.807, 2.05) is 12.2 Å². The number of ether oxygens (including phenoxy) is 2. The topological polar surface area (TPSA) is 58.9 Å². The van der Waals surface area contributed by atoms with E-state index < -0.39 is 6.10 Å². The maximum atomic E-state index is 9.48. The van der Waals surface area contributed by atoms with E-state index in [-0.39, 0.29) is 18.3 Å². The van der Waals surface area contributed by atoms with Crippen LogP contribution in [0.3, 0.4) is 0 Å². The molecule has 4 nitrogen and oxygen atoms in total. The number of halogens is 1. The molecule has 1 saturated heterocycles. The summed E-state index contributed by atoms with van der Waals surface area (Å²) in [4.78, 5) is 0. The van der Waals surface area contributed by atoms with Gasteiger partial charge in [0.15, 0.2) is 6.29 Å². The van der Waals surface area contributed by atoms with Crippen LogP contribution in [0, 0.1) is 0 Å². The van der Waals surface area contributed by atoms with Crippen LogP contribution in [0.2, 0.25) is 0 Å². The molecular formula is C12H21ClO4. The zero-order valence-corrected chi connectivity index (χ0v) is 10.7. The monoisotopic (exact) mass is 264 g/mol. The lowest BCUT2D eigenvalue weighted by atomic mass is 10.1. The predicted octanol–water partition coefficient (Wildman–Crippen LogP) is 1.44. The van der Waals surface area contributed by atoms with Gasteiger partial charge >= 0.3 is 0 Å². The summed E-state index contributed by atoms with van der Waals surface area (Å²) in [5, 5.41) is 17.8. The summed E-state index contributed by atoms with van der Waals surface area (Å²) < 4.78 is 10.6. The van der Waals surface area contributed by atoms with E-state index in [1.165, 1.54) is 0 Å². The van der Waals surface area contributed by atoms with Crippen LogP contribution in [0.4, 0.5) is 0 Å². The summed E-state index contributed by atoms with van der Waals surface area (Å²) in [5.41, 5.74) is 0. The van der Waals surface area contributed by atoms with Crippen molar-refractivity contribution in [3.05, 3.63) is 12.2 Å². The highest BCUT2D eigenvalue weighted by molar-refractivity contribution is 6.21. The van der Waals surface area contributed by atoms with Gasteiger partial charge in [-0.1, -0.05) is 12.2 Å². The van der Waals surface area contributed by atoms with Gasteiger partial charge < -0.3 is 19.7 Å². The average molecular weight is 265 g/mol. The Kier molecular flexibility index (Phi) is 7.81. The minimum Gasteiger partial charge on any atom is -0.396 e. The molecule has 0 spiro atoms. The second kappa shape index (κ2) is 8.89. The van der Waals surface area contributed by atoms with Crippen LogP contribution in [0.1, 0.15) is 25.7 Å². The lowest BCUT2D eigenvalue weighted by molar-refractivity contribution is -0.0457. The molecule has 0 aromatic rings. The van der Waals surface area contributed by atoms with Crippen molar-refractivity contribution in [2.45, 2.75) is 43.5 Å². The van der Waals surface area contributed by atoms with E-state index in [0.29, 0.717) is 26.1 Å². The molecule has 17 heavy (non-hydrogen) atoms. The van der Waals surface area contributed by atoms with E-state index in [4.69, 9.17) is 26.2 Å². The number of aliphatic hydroxyl groups is 2. The van der Waals surface area contributed by atoms with E-state index in [2.05, 4.69) is 0 Å². The van der Waals surface area contributed by atoms with Gasteiger partial charge in [-0.05, 0) is 19.3 Å². The molecule has 0 aliphatic carbocycles. The number of alkyl halides is 1. The van der Waals surface area contributed by atoms with E-state index in [0.717, 1.165) is 12.8 Å². The van der Waals surface area contributed by atoms with Crippen LogP contribution < -0.4 is 0 Å². The number of rotatable bonds is 8. The zero-order chi connectivity index (χ0) is 12.5. The van der Waals surface area contributed by atoms with Gasteiger partial charge in [0.1, 0.15) is 0 Å². The normalized spacial score (nSPS) is 21.1. The van der Waals surface area contributed by atoms with Crippen molar-refractivity contribution >= 4 is 11.6 Å². The highest BCUT2D eigenvalue weighted by Crippen LogP contribution is 2.13. The molecule has 2 atom stereocenters. The molecule has 0 aromatic carbocycles. The minimum atomic E-state index is -0.646. The lowest BCUT2D eigenvalue weighted by Crippen LogP contribution is -2.21. The van der Waals surface area contributed by atoms with Crippen LogP contribution in [-0.4, -0.2) is 47.8 Å². The van der Waals surface area contributed by atoms with Crippen molar-refractivity contribution in [3.8, 4) is 0 Å². The van der Waals surface area contributed by atoms with E-state index in [9.17, 15) is 5.11 Å². The molecule has 5 heteroatoms. The van der Waals surface area contributed by atoms with E-state index >= 15 is 0 Å². The first-order valence-electron chi connectivity index (χ1n) is 6.05. The van der Waals surface area contributed by atoms with Gasteiger partial charge in [-0.2, -0.15) is 0 Å². The van der Waals surface area contributed by atoms with E-state index in [1.54, 1.807) is 0 Å². The second-order valence-electron chi connectivity index (χ2n) is 4.05. The molecule has 0 unspecified atom stereocenters. The molecule has 1 fully saturated rings. The Morgan fingerprint density at radius 3 is 2.65 bits per heavy atom. The molecule has 1 aliphatic rings. The van der Waals surface area contributed by atoms with Gasteiger partial charge in [0.25, 0.3) is 0 Å². The summed E-state index contributed by atoms with van der Waals surface area (Å²) in [5.74, 6) is 0. The third kappa shape index (κ3) is 6.38. The molecule has 1 rings (SSSR count). The number of hydrogen-bond acceptors (Lipinski definition) is 4. The van der Waals surface area contributed by atoms with Crippen molar-refractivity contribution < 1.29 is 19.7 Å². The molecular weight excluding hydrogens is 244 g/mol. The van der Waals surface area contributed by atoms with Crippen molar-refractivity contribution in [1.29, 1.82) is 0 Å². The standard InChI is InChI=1S/C12H21ClO4/c13-10(11(15)6-7-14)4-2-1-3-5-12-16-8-9-17-12/h1-2,10-12,14-15H,3-9H2/b2-1-/t10-,11-/m0/s1. The van der Waals surface area contributed by atoms with Crippen molar-refractivity contribution in [3.63, 3.8) is 0 Å². The first-order chi connectivity index (χ1) is 8.24. The molecule has 1 aliphatic heterocycles. The third-order valence-corrected chi connectivity index (χ3v) is 3.10. The Morgan fingerprint density at radius 2 is 2.00 bits per heavy atom. The lowest BCUT2D eigenvalue weighted by Gasteiger charge is -2.13. The Morgan fingerprint density at radius 1 is 1.29 bits per heavy atom. The fourth-order valence-electron chi connectivity index (χ4n) is 1.62. The fraction of sp³-hybridized carbons (Fsp3) is 0.833. The summed E-state index contributed by atoms with van der Waals surface area (Å²) in [7, 11) is 0. The van der Waals surface area contributed by atoms with Gasteiger partial charge in [-0.25, -0.2) is 0 Å². The molecule has 0 aromatic heterocycles. The Balaban J connectivity index is 2.04. The van der Waals surface area contributed by atoms with Gasteiger partial charge in [0.05, 0.1) is 24.7 Å². The molecule has 0 radical (unpaired) electrons. The minimum absolute atomic E-state index is 0.0372. The highest BCUT2D eigenvalue weighted by Gasteiger charge is 2.15. The maximum Gasteiger partial charge on any atom is 0.158 e. The fourth-order valence-corrected chi connectivity index (χ4v) is 1.85. The number of aliphatic hydroxyl groups excluding tert-OH is 2. The number of hydrogen-bond donors (Lipinski definition) is 2. The Hall–Kier alpha value is -0.130. The van der Waals surface area contributed by atoms with Crippen LogP contribution >= 0.6 is 11.6 Å². The first kappa shape index (κ1) is 14.9. The summed E-state index contributed by atoms with van der Waals surface area (Å²) >= 11 is 5.95. The zero-order valence-electron chi connectivity index (χ0n) is 9.93. The van der Waals surface area contributed by atoms with Gasteiger partial charge in [-0.15, -0.1) is 11.6 Å². The predicted molar refractivity (Wildman–Crippen MR) is 66.0 cm³/mol. The maximum absolute atomic E-state index is 9.48. The first-order valence-corrected chi connectivity index (χ1v) is 6.49.